The molecule has 0 bridgehead atoms. The number of nitrogens with one attached hydrogen (secondary N) is 2. The van der Waals surface area contributed by atoms with Crippen molar-refractivity contribution in [1.82, 2.24) is 5.32 Å². The van der Waals surface area contributed by atoms with E-state index in [1.54, 1.807) is 0 Å². The predicted octanol–water partition coefficient (Wildman–Crippen LogP) is 3.55. The molecule has 0 radical (unpaired) electrons. The van der Waals surface area contributed by atoms with Gasteiger partial charge < -0.3 is 10.6 Å². The third kappa shape index (κ3) is 4.71. The molecule has 0 aliphatic heterocycles. The summed E-state index contributed by atoms with van der Waals surface area (Å²) in [7, 11) is 0. The second-order valence-corrected chi connectivity index (χ2v) is 5.23. The minimum absolute atomic E-state index is 0.957. The summed E-state index contributed by atoms with van der Waals surface area (Å²) in [5.41, 5.74) is 5.24. The van der Waals surface area contributed by atoms with Crippen LogP contribution >= 0.6 is 0 Å². The molecule has 0 unspecified atom stereocenters. The summed E-state index contributed by atoms with van der Waals surface area (Å²) in [5.74, 6) is 0. The number of aryl methyl sites for hydroxylation is 2. The minimum atomic E-state index is 0.957. The molecular weight excluding hydrogens is 244 g/mol. The SMILES string of the molecule is Cc1ccc(C)c(NCCNCCc2ccccc2)c1. The Kier molecular flexibility index (Phi) is 5.63. The third-order valence-corrected chi connectivity index (χ3v) is 3.44. The molecule has 106 valence electrons. The van der Waals surface area contributed by atoms with Crippen LogP contribution in [0.5, 0.6) is 0 Å². The van der Waals surface area contributed by atoms with E-state index in [1.807, 2.05) is 0 Å². The van der Waals surface area contributed by atoms with E-state index in [2.05, 4.69) is 73.0 Å². The van der Waals surface area contributed by atoms with Crippen LogP contribution in [0.4, 0.5) is 5.69 Å². The van der Waals surface area contributed by atoms with Crippen molar-refractivity contribution >= 4 is 5.69 Å². The maximum Gasteiger partial charge on any atom is 0.0372 e. The van der Waals surface area contributed by atoms with Crippen LogP contribution in [0.2, 0.25) is 0 Å². The quantitative estimate of drug-likeness (QED) is 0.750. The van der Waals surface area contributed by atoms with Gasteiger partial charge >= 0.3 is 0 Å². The molecule has 0 amide bonds. The predicted molar refractivity (Wildman–Crippen MR) is 87.4 cm³/mol. The summed E-state index contributed by atoms with van der Waals surface area (Å²) in [6, 6.07) is 17.1. The monoisotopic (exact) mass is 268 g/mol. The Morgan fingerprint density at radius 1 is 0.850 bits per heavy atom. The first-order valence-electron chi connectivity index (χ1n) is 7.31. The first kappa shape index (κ1) is 14.6. The van der Waals surface area contributed by atoms with Crippen molar-refractivity contribution in [3.05, 3.63) is 65.2 Å². The molecule has 2 rings (SSSR count). The van der Waals surface area contributed by atoms with Gasteiger partial charge in [-0.05, 0) is 49.6 Å². The molecule has 2 heteroatoms. The molecule has 0 fully saturated rings. The summed E-state index contributed by atoms with van der Waals surface area (Å²) >= 11 is 0. The summed E-state index contributed by atoms with van der Waals surface area (Å²) in [6.45, 7) is 7.24. The van der Waals surface area contributed by atoms with Gasteiger partial charge in [0, 0.05) is 18.8 Å². The molecule has 0 heterocycles. The molecule has 0 atom stereocenters. The van der Waals surface area contributed by atoms with Gasteiger partial charge in [-0.2, -0.15) is 0 Å². The maximum absolute atomic E-state index is 3.49. The van der Waals surface area contributed by atoms with E-state index in [1.165, 1.54) is 22.4 Å². The number of benzene rings is 2. The molecule has 2 aromatic rings. The lowest BCUT2D eigenvalue weighted by atomic mass is 10.1. The topological polar surface area (TPSA) is 24.1 Å². The highest BCUT2D eigenvalue weighted by Gasteiger charge is 1.97. The fourth-order valence-electron chi connectivity index (χ4n) is 2.21. The summed E-state index contributed by atoms with van der Waals surface area (Å²) < 4.78 is 0. The summed E-state index contributed by atoms with van der Waals surface area (Å²) in [6.07, 6.45) is 1.09. The summed E-state index contributed by atoms with van der Waals surface area (Å²) in [5, 5.41) is 6.97. The molecule has 0 aromatic heterocycles. The number of hydrogen-bond donors (Lipinski definition) is 2. The molecule has 0 aliphatic carbocycles. The molecule has 2 nitrogen and oxygen atoms in total. The van der Waals surface area contributed by atoms with E-state index in [4.69, 9.17) is 0 Å². The lowest BCUT2D eigenvalue weighted by molar-refractivity contribution is 0.699. The Balaban J connectivity index is 1.63. The Morgan fingerprint density at radius 3 is 2.45 bits per heavy atom. The minimum Gasteiger partial charge on any atom is -0.384 e. The molecule has 2 N–H and O–H groups in total. The van der Waals surface area contributed by atoms with Gasteiger partial charge in [0.25, 0.3) is 0 Å². The smallest absolute Gasteiger partial charge is 0.0372 e. The molecule has 0 aliphatic rings. The van der Waals surface area contributed by atoms with Gasteiger partial charge in [-0.1, -0.05) is 42.5 Å². The molecule has 20 heavy (non-hydrogen) atoms. The van der Waals surface area contributed by atoms with Crippen molar-refractivity contribution in [3.63, 3.8) is 0 Å². The Hall–Kier alpha value is -1.80. The van der Waals surface area contributed by atoms with Crippen molar-refractivity contribution < 1.29 is 0 Å². The molecule has 0 spiro atoms. The van der Waals surface area contributed by atoms with Gasteiger partial charge in [0.05, 0.1) is 0 Å². The Morgan fingerprint density at radius 2 is 1.65 bits per heavy atom. The van der Waals surface area contributed by atoms with Crippen LogP contribution in [-0.4, -0.2) is 19.6 Å². The van der Waals surface area contributed by atoms with Crippen LogP contribution in [0.15, 0.2) is 48.5 Å². The van der Waals surface area contributed by atoms with Crippen molar-refractivity contribution in [2.75, 3.05) is 25.0 Å². The van der Waals surface area contributed by atoms with Crippen molar-refractivity contribution in [3.8, 4) is 0 Å². The lowest BCUT2D eigenvalue weighted by Gasteiger charge is -2.11. The summed E-state index contributed by atoms with van der Waals surface area (Å²) in [4.78, 5) is 0. The maximum atomic E-state index is 3.49. The van der Waals surface area contributed by atoms with E-state index in [-0.39, 0.29) is 0 Å². The van der Waals surface area contributed by atoms with Gasteiger partial charge in [-0.3, -0.25) is 0 Å². The van der Waals surface area contributed by atoms with Gasteiger partial charge in [-0.15, -0.1) is 0 Å². The van der Waals surface area contributed by atoms with Crippen LogP contribution < -0.4 is 10.6 Å². The van der Waals surface area contributed by atoms with Gasteiger partial charge in [0.15, 0.2) is 0 Å². The van der Waals surface area contributed by atoms with E-state index in [0.29, 0.717) is 0 Å². The fourth-order valence-corrected chi connectivity index (χ4v) is 2.21. The van der Waals surface area contributed by atoms with E-state index in [9.17, 15) is 0 Å². The second-order valence-electron chi connectivity index (χ2n) is 5.23. The van der Waals surface area contributed by atoms with Crippen LogP contribution in [0, 0.1) is 13.8 Å². The number of rotatable bonds is 7. The first-order chi connectivity index (χ1) is 9.75. The Bertz CT molecular complexity index is 520. The standard InChI is InChI=1S/C18H24N2/c1-15-8-9-16(2)18(14-15)20-13-12-19-11-10-17-6-4-3-5-7-17/h3-9,14,19-20H,10-13H2,1-2H3. The van der Waals surface area contributed by atoms with E-state index >= 15 is 0 Å². The van der Waals surface area contributed by atoms with E-state index < -0.39 is 0 Å². The molecule has 2 aromatic carbocycles. The largest absolute Gasteiger partial charge is 0.384 e. The third-order valence-electron chi connectivity index (χ3n) is 3.44. The van der Waals surface area contributed by atoms with Crippen molar-refractivity contribution in [1.29, 1.82) is 0 Å². The normalized spacial score (nSPS) is 10.5. The Labute approximate surface area is 122 Å². The van der Waals surface area contributed by atoms with Crippen LogP contribution in [0.3, 0.4) is 0 Å². The highest BCUT2D eigenvalue weighted by atomic mass is 14.9. The zero-order valence-electron chi connectivity index (χ0n) is 12.4. The average Bonchev–Trinajstić information content (AvgIpc) is 2.47. The molecule has 0 saturated carbocycles. The molecular formula is C18H24N2. The van der Waals surface area contributed by atoms with E-state index in [0.717, 1.165) is 26.1 Å². The highest BCUT2D eigenvalue weighted by Crippen LogP contribution is 2.15. The zero-order valence-corrected chi connectivity index (χ0v) is 12.4. The van der Waals surface area contributed by atoms with Crippen molar-refractivity contribution in [2.45, 2.75) is 20.3 Å². The van der Waals surface area contributed by atoms with Gasteiger partial charge in [-0.25, -0.2) is 0 Å². The van der Waals surface area contributed by atoms with Gasteiger partial charge in [0.2, 0.25) is 0 Å². The number of anilines is 1. The van der Waals surface area contributed by atoms with Crippen LogP contribution in [-0.2, 0) is 6.42 Å². The van der Waals surface area contributed by atoms with Crippen molar-refractivity contribution in [2.24, 2.45) is 0 Å². The highest BCUT2D eigenvalue weighted by molar-refractivity contribution is 5.52. The van der Waals surface area contributed by atoms with Crippen LogP contribution in [0.25, 0.3) is 0 Å². The fraction of sp³-hybridized carbons (Fsp3) is 0.333. The van der Waals surface area contributed by atoms with Crippen LogP contribution in [0.1, 0.15) is 16.7 Å². The second kappa shape index (κ2) is 7.71. The first-order valence-corrected chi connectivity index (χ1v) is 7.31. The number of hydrogen-bond acceptors (Lipinski definition) is 2. The van der Waals surface area contributed by atoms with Gasteiger partial charge in [0.1, 0.15) is 0 Å². The average molecular weight is 268 g/mol. The zero-order chi connectivity index (χ0) is 14.2. The lowest BCUT2D eigenvalue weighted by Crippen LogP contribution is -2.24. The molecule has 0 saturated heterocycles.